The van der Waals surface area contributed by atoms with Crippen LogP contribution in [0.1, 0.15) is 37.1 Å². The fraction of sp³-hybridized carbons (Fsp3) is 0.706. The summed E-state index contributed by atoms with van der Waals surface area (Å²) in [6, 6.07) is 4.73. The van der Waals surface area contributed by atoms with Crippen LogP contribution in [0.2, 0.25) is 0 Å². The Balaban J connectivity index is 1.65. The monoisotopic (exact) mass is 289 g/mol. The van der Waals surface area contributed by atoms with Gasteiger partial charge in [-0.25, -0.2) is 0 Å². The van der Waals surface area contributed by atoms with Crippen molar-refractivity contribution < 1.29 is 4.74 Å². The molecule has 1 unspecified atom stereocenters. The fourth-order valence-corrected chi connectivity index (χ4v) is 3.22. The SMILES string of the molecule is COc1cc(C)nc(CN(CC2CC2)CC2CCCN2)c1. The Bertz CT molecular complexity index is 467. The third-order valence-corrected chi connectivity index (χ3v) is 4.46. The summed E-state index contributed by atoms with van der Waals surface area (Å²) in [6.07, 6.45) is 5.43. The molecule has 2 fully saturated rings. The highest BCUT2D eigenvalue weighted by Crippen LogP contribution is 2.30. The van der Waals surface area contributed by atoms with Gasteiger partial charge >= 0.3 is 0 Å². The van der Waals surface area contributed by atoms with Gasteiger partial charge in [0, 0.05) is 43.5 Å². The molecular weight excluding hydrogens is 262 g/mol. The third kappa shape index (κ3) is 4.42. The standard InChI is InChI=1S/C17H27N3O/c1-13-8-17(21-2)9-16(19-13)12-20(10-14-5-6-14)11-15-4-3-7-18-15/h8-9,14-15,18H,3-7,10-12H2,1-2H3. The van der Waals surface area contributed by atoms with E-state index in [-0.39, 0.29) is 0 Å². The Morgan fingerprint density at radius 3 is 2.81 bits per heavy atom. The Morgan fingerprint density at radius 1 is 1.29 bits per heavy atom. The molecule has 0 amide bonds. The second kappa shape index (κ2) is 6.75. The number of pyridine rings is 1. The van der Waals surface area contributed by atoms with Crippen LogP contribution in [0.4, 0.5) is 0 Å². The van der Waals surface area contributed by atoms with Crippen LogP contribution in [0.15, 0.2) is 12.1 Å². The molecule has 1 aromatic heterocycles. The lowest BCUT2D eigenvalue weighted by molar-refractivity contribution is 0.229. The highest BCUT2D eigenvalue weighted by atomic mass is 16.5. The lowest BCUT2D eigenvalue weighted by Crippen LogP contribution is -2.38. The van der Waals surface area contributed by atoms with Crippen LogP contribution in [-0.2, 0) is 6.54 Å². The highest BCUT2D eigenvalue weighted by Gasteiger charge is 2.26. The van der Waals surface area contributed by atoms with E-state index in [4.69, 9.17) is 4.74 Å². The Labute approximate surface area is 127 Å². The first-order chi connectivity index (χ1) is 10.2. The predicted molar refractivity (Wildman–Crippen MR) is 84.6 cm³/mol. The fourth-order valence-electron chi connectivity index (χ4n) is 3.22. The molecule has 4 nitrogen and oxygen atoms in total. The van der Waals surface area contributed by atoms with Crippen LogP contribution in [0.3, 0.4) is 0 Å². The second-order valence-electron chi connectivity index (χ2n) is 6.57. The molecule has 1 aliphatic heterocycles. The smallest absolute Gasteiger partial charge is 0.122 e. The summed E-state index contributed by atoms with van der Waals surface area (Å²) in [4.78, 5) is 7.27. The number of nitrogens with zero attached hydrogens (tertiary/aromatic N) is 2. The van der Waals surface area contributed by atoms with Crippen LogP contribution in [0.5, 0.6) is 5.75 Å². The van der Waals surface area contributed by atoms with Gasteiger partial charge in [-0.05, 0) is 45.1 Å². The number of ether oxygens (including phenoxy) is 1. The summed E-state index contributed by atoms with van der Waals surface area (Å²) >= 11 is 0. The lowest BCUT2D eigenvalue weighted by Gasteiger charge is -2.25. The summed E-state index contributed by atoms with van der Waals surface area (Å²) in [5, 5.41) is 3.61. The van der Waals surface area contributed by atoms with Gasteiger partial charge in [0.15, 0.2) is 0 Å². The predicted octanol–water partition coefficient (Wildman–Crippen LogP) is 2.36. The maximum absolute atomic E-state index is 5.37. The van der Waals surface area contributed by atoms with Gasteiger partial charge < -0.3 is 10.1 Å². The first-order valence-corrected chi connectivity index (χ1v) is 8.20. The number of hydrogen-bond donors (Lipinski definition) is 1. The number of hydrogen-bond acceptors (Lipinski definition) is 4. The van der Waals surface area contributed by atoms with Crippen molar-refractivity contribution >= 4 is 0 Å². The van der Waals surface area contributed by atoms with Gasteiger partial charge in [0.2, 0.25) is 0 Å². The first-order valence-electron chi connectivity index (χ1n) is 8.20. The maximum Gasteiger partial charge on any atom is 0.122 e. The zero-order valence-corrected chi connectivity index (χ0v) is 13.3. The number of methoxy groups -OCH3 is 1. The van der Waals surface area contributed by atoms with Crippen LogP contribution >= 0.6 is 0 Å². The molecule has 1 aromatic rings. The van der Waals surface area contributed by atoms with Crippen LogP contribution < -0.4 is 10.1 Å². The minimum atomic E-state index is 0.662. The summed E-state index contributed by atoms with van der Waals surface area (Å²) in [7, 11) is 1.73. The molecule has 116 valence electrons. The molecule has 1 saturated carbocycles. The number of aryl methyl sites for hydroxylation is 1. The molecule has 2 heterocycles. The topological polar surface area (TPSA) is 37.4 Å². The molecular formula is C17H27N3O. The molecule has 0 spiro atoms. The summed E-state index contributed by atoms with van der Waals surface area (Å²) < 4.78 is 5.37. The molecule has 2 aliphatic rings. The number of aromatic nitrogens is 1. The van der Waals surface area contributed by atoms with Crippen molar-refractivity contribution in [3.63, 3.8) is 0 Å². The Kier molecular flexibility index (Phi) is 4.76. The largest absolute Gasteiger partial charge is 0.497 e. The van der Waals surface area contributed by atoms with E-state index < -0.39 is 0 Å². The zero-order valence-electron chi connectivity index (χ0n) is 13.3. The molecule has 0 bridgehead atoms. The van der Waals surface area contributed by atoms with E-state index in [0.717, 1.165) is 36.1 Å². The summed E-state index contributed by atoms with van der Waals surface area (Å²) in [5.41, 5.74) is 2.17. The molecule has 21 heavy (non-hydrogen) atoms. The molecule has 1 aliphatic carbocycles. The second-order valence-corrected chi connectivity index (χ2v) is 6.57. The van der Waals surface area contributed by atoms with E-state index in [9.17, 15) is 0 Å². The van der Waals surface area contributed by atoms with Gasteiger partial charge in [0.1, 0.15) is 5.75 Å². The molecule has 0 aromatic carbocycles. The average Bonchev–Trinajstić information content (AvgIpc) is 3.11. The van der Waals surface area contributed by atoms with Crippen molar-refractivity contribution in [3.8, 4) is 5.75 Å². The first kappa shape index (κ1) is 14.8. The molecule has 3 rings (SSSR count). The number of nitrogens with one attached hydrogen (secondary N) is 1. The quantitative estimate of drug-likeness (QED) is 0.836. The number of rotatable bonds is 7. The van der Waals surface area contributed by atoms with Crippen molar-refractivity contribution in [2.24, 2.45) is 5.92 Å². The normalized spacial score (nSPS) is 22.0. The van der Waals surface area contributed by atoms with Crippen molar-refractivity contribution in [1.29, 1.82) is 0 Å². The molecule has 1 saturated heterocycles. The summed E-state index contributed by atoms with van der Waals surface area (Å²) in [6.45, 7) is 6.52. The summed E-state index contributed by atoms with van der Waals surface area (Å²) in [5.74, 6) is 1.83. The minimum Gasteiger partial charge on any atom is -0.497 e. The van der Waals surface area contributed by atoms with Crippen LogP contribution in [-0.4, -0.2) is 42.7 Å². The van der Waals surface area contributed by atoms with Gasteiger partial charge in [0.25, 0.3) is 0 Å². The van der Waals surface area contributed by atoms with Crippen LogP contribution in [0, 0.1) is 12.8 Å². The molecule has 4 heteroatoms. The van der Waals surface area contributed by atoms with Crippen molar-refractivity contribution in [1.82, 2.24) is 15.2 Å². The Hall–Kier alpha value is -1.13. The van der Waals surface area contributed by atoms with Gasteiger partial charge in [-0.3, -0.25) is 9.88 Å². The van der Waals surface area contributed by atoms with Gasteiger partial charge in [-0.15, -0.1) is 0 Å². The van der Waals surface area contributed by atoms with Crippen LogP contribution in [0.25, 0.3) is 0 Å². The molecule has 1 N–H and O–H groups in total. The van der Waals surface area contributed by atoms with Crippen molar-refractivity contribution in [2.75, 3.05) is 26.7 Å². The van der Waals surface area contributed by atoms with Gasteiger partial charge in [-0.1, -0.05) is 0 Å². The van der Waals surface area contributed by atoms with Gasteiger partial charge in [0.05, 0.1) is 12.8 Å². The van der Waals surface area contributed by atoms with E-state index in [1.165, 1.54) is 38.8 Å². The highest BCUT2D eigenvalue weighted by molar-refractivity contribution is 5.26. The van der Waals surface area contributed by atoms with E-state index in [0.29, 0.717) is 6.04 Å². The zero-order chi connectivity index (χ0) is 14.7. The molecule has 1 atom stereocenters. The maximum atomic E-state index is 5.37. The van der Waals surface area contributed by atoms with E-state index in [1.807, 2.05) is 13.0 Å². The Morgan fingerprint density at radius 2 is 2.14 bits per heavy atom. The van der Waals surface area contributed by atoms with E-state index >= 15 is 0 Å². The third-order valence-electron chi connectivity index (χ3n) is 4.46. The van der Waals surface area contributed by atoms with E-state index in [2.05, 4.69) is 21.3 Å². The van der Waals surface area contributed by atoms with Gasteiger partial charge in [-0.2, -0.15) is 0 Å². The average molecular weight is 289 g/mol. The van der Waals surface area contributed by atoms with Crippen molar-refractivity contribution in [2.45, 2.75) is 45.2 Å². The minimum absolute atomic E-state index is 0.662. The van der Waals surface area contributed by atoms with E-state index in [1.54, 1.807) is 7.11 Å². The molecule has 0 radical (unpaired) electrons. The lowest BCUT2D eigenvalue weighted by atomic mass is 10.2. The van der Waals surface area contributed by atoms with Crippen molar-refractivity contribution in [3.05, 3.63) is 23.5 Å².